The Balaban J connectivity index is 2.56. The Morgan fingerprint density at radius 3 is 2.56 bits per heavy atom. The molecule has 0 aliphatic rings. The summed E-state index contributed by atoms with van der Waals surface area (Å²) in [6.07, 6.45) is 1.03. The Morgan fingerprint density at radius 2 is 2.00 bits per heavy atom. The maximum atomic E-state index is 11.4. The van der Waals surface area contributed by atoms with E-state index in [4.69, 9.17) is 11.6 Å². The van der Waals surface area contributed by atoms with Gasteiger partial charge in [0.05, 0.1) is 16.5 Å². The van der Waals surface area contributed by atoms with Crippen molar-refractivity contribution in [2.75, 3.05) is 17.3 Å². The van der Waals surface area contributed by atoms with Crippen LogP contribution in [-0.4, -0.2) is 26.3 Å². The molecule has 0 fully saturated rings. The van der Waals surface area contributed by atoms with Crippen molar-refractivity contribution in [1.82, 2.24) is 0 Å². The molecule has 1 N–H and O–H groups in total. The molecule has 0 atom stereocenters. The number of hydrogen-bond donors (Lipinski definition) is 1. The lowest BCUT2D eigenvalue weighted by atomic mass is 10.3. The van der Waals surface area contributed by atoms with Gasteiger partial charge in [0.15, 0.2) is 0 Å². The third kappa shape index (κ3) is 4.63. The molecule has 1 rings (SSSR count). The second-order valence-electron chi connectivity index (χ2n) is 3.41. The molecule has 88 valence electrons. The second-order valence-corrected chi connectivity index (χ2v) is 6.07. The van der Waals surface area contributed by atoms with Crippen LogP contribution in [0.25, 0.3) is 0 Å². The zero-order valence-electron chi connectivity index (χ0n) is 8.73. The summed E-state index contributed by atoms with van der Waals surface area (Å²) < 4.78 is 21.7. The smallest absolute Gasteiger partial charge is 0.225 e. The summed E-state index contributed by atoms with van der Waals surface area (Å²) in [5.41, 5.74) is 0.489. The van der Waals surface area contributed by atoms with Crippen molar-refractivity contribution in [2.45, 2.75) is 6.42 Å². The molecule has 1 amide bonds. The molecular formula is C10H12ClNO3S. The van der Waals surface area contributed by atoms with Gasteiger partial charge in [0.25, 0.3) is 0 Å². The number of anilines is 1. The van der Waals surface area contributed by atoms with Crippen LogP contribution in [0.2, 0.25) is 5.02 Å². The number of carbonyl (C=O) groups is 1. The lowest BCUT2D eigenvalue weighted by Gasteiger charge is -2.06. The summed E-state index contributed by atoms with van der Waals surface area (Å²) in [5, 5.41) is 2.97. The monoisotopic (exact) mass is 261 g/mol. The first-order chi connectivity index (χ1) is 7.38. The van der Waals surface area contributed by atoms with Gasteiger partial charge in [-0.1, -0.05) is 23.7 Å². The van der Waals surface area contributed by atoms with Crippen LogP contribution in [0.5, 0.6) is 0 Å². The van der Waals surface area contributed by atoms with E-state index in [9.17, 15) is 13.2 Å². The van der Waals surface area contributed by atoms with E-state index in [0.717, 1.165) is 6.26 Å². The molecule has 4 nitrogen and oxygen atoms in total. The topological polar surface area (TPSA) is 63.2 Å². The fourth-order valence-corrected chi connectivity index (χ4v) is 1.79. The van der Waals surface area contributed by atoms with Gasteiger partial charge in [-0.15, -0.1) is 0 Å². The standard InChI is InChI=1S/C10H12ClNO3S/c1-16(14,15)7-6-10(13)12-9-5-3-2-4-8(9)11/h2-5H,6-7H2,1H3,(H,12,13). The first-order valence-electron chi connectivity index (χ1n) is 4.60. The van der Waals surface area contributed by atoms with Crippen LogP contribution in [0.15, 0.2) is 24.3 Å². The zero-order valence-corrected chi connectivity index (χ0v) is 10.3. The molecule has 1 aromatic carbocycles. The van der Waals surface area contributed by atoms with Crippen molar-refractivity contribution in [3.63, 3.8) is 0 Å². The SMILES string of the molecule is CS(=O)(=O)CCC(=O)Nc1ccccc1Cl. The predicted molar refractivity (Wildman–Crippen MR) is 64.4 cm³/mol. The van der Waals surface area contributed by atoms with Crippen molar-refractivity contribution in [2.24, 2.45) is 0 Å². The highest BCUT2D eigenvalue weighted by atomic mass is 35.5. The minimum absolute atomic E-state index is 0.0654. The summed E-state index contributed by atoms with van der Waals surface area (Å²) in [6, 6.07) is 6.78. The van der Waals surface area contributed by atoms with Gasteiger partial charge >= 0.3 is 0 Å². The van der Waals surface area contributed by atoms with Gasteiger partial charge in [-0.25, -0.2) is 8.42 Å². The summed E-state index contributed by atoms with van der Waals surface area (Å²) in [5.74, 6) is -0.526. The highest BCUT2D eigenvalue weighted by Crippen LogP contribution is 2.20. The molecule has 0 bridgehead atoms. The Labute approximate surface area is 99.5 Å². The third-order valence-corrected chi connectivity index (χ3v) is 3.12. The highest BCUT2D eigenvalue weighted by molar-refractivity contribution is 7.90. The van der Waals surface area contributed by atoms with Crippen LogP contribution in [-0.2, 0) is 14.6 Å². The molecule has 0 saturated carbocycles. The molecule has 6 heteroatoms. The van der Waals surface area contributed by atoms with Crippen molar-refractivity contribution in [3.05, 3.63) is 29.3 Å². The van der Waals surface area contributed by atoms with Crippen molar-refractivity contribution in [3.8, 4) is 0 Å². The van der Waals surface area contributed by atoms with Gasteiger partial charge in [-0.2, -0.15) is 0 Å². The van der Waals surface area contributed by atoms with Gasteiger partial charge in [0.2, 0.25) is 5.91 Å². The molecule has 0 saturated heterocycles. The third-order valence-electron chi connectivity index (χ3n) is 1.85. The van der Waals surface area contributed by atoms with E-state index in [1.54, 1.807) is 24.3 Å². The van der Waals surface area contributed by atoms with Gasteiger partial charge < -0.3 is 5.32 Å². The van der Waals surface area contributed by atoms with E-state index in [1.807, 2.05) is 0 Å². The first-order valence-corrected chi connectivity index (χ1v) is 7.04. The van der Waals surface area contributed by atoms with E-state index < -0.39 is 9.84 Å². The molecule has 1 aromatic rings. The van der Waals surface area contributed by atoms with Crippen LogP contribution in [0.3, 0.4) is 0 Å². The van der Waals surface area contributed by atoms with E-state index >= 15 is 0 Å². The van der Waals surface area contributed by atoms with Crippen LogP contribution < -0.4 is 5.32 Å². The number of amides is 1. The number of carbonyl (C=O) groups excluding carboxylic acids is 1. The maximum Gasteiger partial charge on any atom is 0.225 e. The lowest BCUT2D eigenvalue weighted by molar-refractivity contribution is -0.115. The Hall–Kier alpha value is -1.07. The fraction of sp³-hybridized carbons (Fsp3) is 0.300. The Bertz CT molecular complexity index is 485. The van der Waals surface area contributed by atoms with E-state index in [0.29, 0.717) is 10.7 Å². The van der Waals surface area contributed by atoms with Crippen LogP contribution in [0.1, 0.15) is 6.42 Å². The Morgan fingerprint density at radius 1 is 1.38 bits per heavy atom. The molecule has 0 unspecified atom stereocenters. The molecule has 0 aliphatic heterocycles. The van der Waals surface area contributed by atoms with Gasteiger partial charge in [-0.05, 0) is 12.1 Å². The van der Waals surface area contributed by atoms with Crippen molar-refractivity contribution < 1.29 is 13.2 Å². The summed E-state index contributed by atoms with van der Waals surface area (Å²) in [7, 11) is -3.12. The normalized spacial score (nSPS) is 11.1. The number of nitrogens with one attached hydrogen (secondary N) is 1. The summed E-state index contributed by atoms with van der Waals surface area (Å²) in [4.78, 5) is 11.4. The molecule has 0 aromatic heterocycles. The van der Waals surface area contributed by atoms with Crippen LogP contribution >= 0.6 is 11.6 Å². The van der Waals surface area contributed by atoms with Crippen LogP contribution in [0.4, 0.5) is 5.69 Å². The molecule has 0 spiro atoms. The van der Waals surface area contributed by atoms with Crippen LogP contribution in [0, 0.1) is 0 Å². The molecule has 0 heterocycles. The fourth-order valence-electron chi connectivity index (χ4n) is 1.05. The average molecular weight is 262 g/mol. The number of halogens is 1. The van der Waals surface area contributed by atoms with Gasteiger partial charge in [0.1, 0.15) is 9.84 Å². The van der Waals surface area contributed by atoms with E-state index in [2.05, 4.69) is 5.32 Å². The quantitative estimate of drug-likeness (QED) is 0.898. The van der Waals surface area contributed by atoms with Crippen molar-refractivity contribution in [1.29, 1.82) is 0 Å². The first kappa shape index (κ1) is 13.0. The zero-order chi connectivity index (χ0) is 12.2. The number of hydrogen-bond acceptors (Lipinski definition) is 3. The summed E-state index contributed by atoms with van der Waals surface area (Å²) >= 11 is 5.83. The Kier molecular flexibility index (Phi) is 4.32. The molecule has 0 radical (unpaired) electrons. The van der Waals surface area contributed by atoms with E-state index in [-0.39, 0.29) is 18.1 Å². The lowest BCUT2D eigenvalue weighted by Crippen LogP contribution is -2.16. The predicted octanol–water partition coefficient (Wildman–Crippen LogP) is 1.71. The van der Waals surface area contributed by atoms with Gasteiger partial charge in [0, 0.05) is 12.7 Å². The van der Waals surface area contributed by atoms with E-state index in [1.165, 1.54) is 0 Å². The molecule has 0 aliphatic carbocycles. The second kappa shape index (κ2) is 5.32. The largest absolute Gasteiger partial charge is 0.325 e. The average Bonchev–Trinajstić information content (AvgIpc) is 2.18. The number of rotatable bonds is 4. The maximum absolute atomic E-state index is 11.4. The van der Waals surface area contributed by atoms with Crippen molar-refractivity contribution >= 4 is 33.0 Å². The number of sulfone groups is 1. The minimum Gasteiger partial charge on any atom is -0.325 e. The molecule has 16 heavy (non-hydrogen) atoms. The number of para-hydroxylation sites is 1. The number of benzene rings is 1. The minimum atomic E-state index is -3.12. The highest BCUT2D eigenvalue weighted by Gasteiger charge is 2.09. The molecular weight excluding hydrogens is 250 g/mol. The summed E-state index contributed by atoms with van der Waals surface area (Å²) in [6.45, 7) is 0. The van der Waals surface area contributed by atoms with Gasteiger partial charge in [-0.3, -0.25) is 4.79 Å².